The van der Waals surface area contributed by atoms with Crippen LogP contribution in [0.2, 0.25) is 0 Å². The second kappa shape index (κ2) is 7.21. The largest absolute Gasteiger partial charge is 0.332 e. The minimum atomic E-state index is -0.305. The first-order valence-corrected chi connectivity index (χ1v) is 9.74. The van der Waals surface area contributed by atoms with Crippen LogP contribution in [0, 0.1) is 5.82 Å². The van der Waals surface area contributed by atoms with E-state index in [1.807, 2.05) is 10.3 Å². The van der Waals surface area contributed by atoms with Gasteiger partial charge in [-0.05, 0) is 17.7 Å². The molecule has 8 heteroatoms. The van der Waals surface area contributed by atoms with Crippen LogP contribution in [0.4, 0.5) is 4.39 Å². The number of quaternary nitrogens is 1. The molecule has 1 aliphatic heterocycles. The number of aromatic nitrogens is 2. The molecule has 4 rings (SSSR count). The lowest BCUT2D eigenvalue weighted by atomic mass is 10.1. The van der Waals surface area contributed by atoms with Gasteiger partial charge in [0.2, 0.25) is 5.91 Å². The van der Waals surface area contributed by atoms with E-state index < -0.39 is 0 Å². The number of fused-ring (bicyclic) bond motifs is 1. The average Bonchev–Trinajstić information content (AvgIpc) is 3.07. The fourth-order valence-corrected chi connectivity index (χ4v) is 4.44. The molecule has 0 atom stereocenters. The quantitative estimate of drug-likeness (QED) is 0.706. The summed E-state index contributed by atoms with van der Waals surface area (Å²) in [6.07, 6.45) is 0. The molecular formula is C19H20FN4O2S+. The topological polar surface area (TPSA) is 70.5 Å². The van der Waals surface area contributed by atoms with Gasteiger partial charge in [0.25, 0.3) is 5.56 Å². The van der Waals surface area contributed by atoms with Crippen molar-refractivity contribution in [1.82, 2.24) is 14.9 Å². The van der Waals surface area contributed by atoms with Gasteiger partial charge in [-0.1, -0.05) is 12.1 Å². The van der Waals surface area contributed by atoms with Crippen LogP contribution in [0.15, 0.2) is 34.4 Å². The van der Waals surface area contributed by atoms with Crippen LogP contribution in [-0.4, -0.2) is 47.0 Å². The standard InChI is InChI=1S/C19H19FN4O2S/c1-12(25)24-8-6-23(7-9-24)10-16-21-18(26)17-15(11-27-19(17)22-16)13-2-4-14(20)5-3-13/h2-5,11H,6-10H2,1H3,(H,21,22,26)/p+1. The molecule has 0 radical (unpaired) electrons. The first-order valence-electron chi connectivity index (χ1n) is 8.86. The van der Waals surface area contributed by atoms with Crippen molar-refractivity contribution in [3.05, 3.63) is 51.6 Å². The zero-order valence-corrected chi connectivity index (χ0v) is 15.7. The zero-order valence-electron chi connectivity index (χ0n) is 14.9. The van der Waals surface area contributed by atoms with Crippen molar-refractivity contribution in [3.63, 3.8) is 0 Å². The molecule has 1 fully saturated rings. The van der Waals surface area contributed by atoms with E-state index in [1.165, 1.54) is 28.4 Å². The summed E-state index contributed by atoms with van der Waals surface area (Å²) in [6, 6.07) is 6.11. The Morgan fingerprint density at radius 1 is 1.30 bits per heavy atom. The molecule has 1 aromatic carbocycles. The van der Waals surface area contributed by atoms with E-state index in [2.05, 4.69) is 9.97 Å². The number of aromatic amines is 1. The lowest BCUT2D eigenvalue weighted by molar-refractivity contribution is -0.918. The zero-order chi connectivity index (χ0) is 19.0. The average molecular weight is 387 g/mol. The van der Waals surface area contributed by atoms with Crippen molar-refractivity contribution >= 4 is 27.5 Å². The Hall–Kier alpha value is -2.58. The third-order valence-corrected chi connectivity index (χ3v) is 5.85. The van der Waals surface area contributed by atoms with Crippen LogP contribution >= 0.6 is 11.3 Å². The molecule has 140 valence electrons. The molecule has 0 aliphatic carbocycles. The van der Waals surface area contributed by atoms with Gasteiger partial charge in [-0.25, -0.2) is 9.37 Å². The van der Waals surface area contributed by atoms with Gasteiger partial charge in [-0.3, -0.25) is 9.59 Å². The summed E-state index contributed by atoms with van der Waals surface area (Å²) in [6.45, 7) is 5.35. The van der Waals surface area contributed by atoms with E-state index in [4.69, 9.17) is 0 Å². The summed E-state index contributed by atoms with van der Waals surface area (Å²) in [7, 11) is 0. The van der Waals surface area contributed by atoms with Gasteiger partial charge in [-0.2, -0.15) is 0 Å². The van der Waals surface area contributed by atoms with Crippen LogP contribution in [0.1, 0.15) is 12.7 Å². The summed E-state index contributed by atoms with van der Waals surface area (Å²) in [5, 5.41) is 2.44. The van der Waals surface area contributed by atoms with E-state index in [1.54, 1.807) is 19.1 Å². The van der Waals surface area contributed by atoms with E-state index in [0.29, 0.717) is 22.6 Å². The van der Waals surface area contributed by atoms with Crippen molar-refractivity contribution in [1.29, 1.82) is 0 Å². The van der Waals surface area contributed by atoms with Gasteiger partial charge in [0.15, 0.2) is 5.82 Å². The van der Waals surface area contributed by atoms with E-state index in [-0.39, 0.29) is 17.3 Å². The predicted molar refractivity (Wildman–Crippen MR) is 102 cm³/mol. The van der Waals surface area contributed by atoms with E-state index in [9.17, 15) is 14.0 Å². The molecular weight excluding hydrogens is 367 g/mol. The second-order valence-corrected chi connectivity index (χ2v) is 7.64. The van der Waals surface area contributed by atoms with Crippen molar-refractivity contribution in [2.45, 2.75) is 13.5 Å². The van der Waals surface area contributed by atoms with Gasteiger partial charge in [0.1, 0.15) is 17.2 Å². The first kappa shape index (κ1) is 17.8. The second-order valence-electron chi connectivity index (χ2n) is 6.78. The SMILES string of the molecule is CC(=O)N1CC[NH+](Cc2nc3scc(-c4ccc(F)cc4)c3c(=O)[nH]2)CC1. The Labute approximate surface area is 159 Å². The van der Waals surface area contributed by atoms with Crippen LogP contribution in [-0.2, 0) is 11.3 Å². The van der Waals surface area contributed by atoms with Gasteiger partial charge in [0.05, 0.1) is 31.6 Å². The molecule has 3 heterocycles. The molecule has 2 N–H and O–H groups in total. The molecule has 1 saturated heterocycles. The summed E-state index contributed by atoms with van der Waals surface area (Å²) >= 11 is 1.42. The van der Waals surface area contributed by atoms with Crippen LogP contribution in [0.3, 0.4) is 0 Å². The Morgan fingerprint density at radius 2 is 2.00 bits per heavy atom. The van der Waals surface area contributed by atoms with Gasteiger partial charge >= 0.3 is 0 Å². The maximum absolute atomic E-state index is 13.2. The first-order chi connectivity index (χ1) is 13.0. The lowest BCUT2D eigenvalue weighted by Crippen LogP contribution is -3.13. The maximum Gasteiger partial charge on any atom is 0.260 e. The molecule has 1 aliphatic rings. The number of H-pyrrole nitrogens is 1. The Morgan fingerprint density at radius 3 is 2.67 bits per heavy atom. The highest BCUT2D eigenvalue weighted by Crippen LogP contribution is 2.30. The lowest BCUT2D eigenvalue weighted by Gasteiger charge is -2.31. The van der Waals surface area contributed by atoms with Crippen molar-refractivity contribution in [2.75, 3.05) is 26.2 Å². The number of nitrogens with one attached hydrogen (secondary N) is 2. The third-order valence-electron chi connectivity index (χ3n) is 4.98. The van der Waals surface area contributed by atoms with Crippen LogP contribution < -0.4 is 10.5 Å². The smallest absolute Gasteiger partial charge is 0.260 e. The van der Waals surface area contributed by atoms with Crippen LogP contribution in [0.5, 0.6) is 0 Å². The fraction of sp³-hybridized carbons (Fsp3) is 0.316. The molecule has 2 aromatic heterocycles. The highest BCUT2D eigenvalue weighted by atomic mass is 32.1. The van der Waals surface area contributed by atoms with Crippen molar-refractivity contribution in [2.24, 2.45) is 0 Å². The number of carbonyl (C=O) groups excluding carboxylic acids is 1. The normalized spacial score (nSPS) is 15.4. The number of piperazine rings is 1. The predicted octanol–water partition coefficient (Wildman–Crippen LogP) is 1.04. The molecule has 0 unspecified atom stereocenters. The number of thiophene rings is 1. The summed E-state index contributed by atoms with van der Waals surface area (Å²) in [4.78, 5) is 35.5. The molecule has 0 saturated carbocycles. The molecule has 3 aromatic rings. The third kappa shape index (κ3) is 3.63. The number of hydrogen-bond acceptors (Lipinski definition) is 4. The van der Waals surface area contributed by atoms with Crippen molar-refractivity contribution < 1.29 is 14.1 Å². The fourth-order valence-electron chi connectivity index (χ4n) is 3.47. The van der Waals surface area contributed by atoms with Gasteiger partial charge < -0.3 is 14.8 Å². The molecule has 27 heavy (non-hydrogen) atoms. The maximum atomic E-state index is 13.2. The minimum absolute atomic E-state index is 0.105. The van der Waals surface area contributed by atoms with Gasteiger partial charge in [-0.15, -0.1) is 11.3 Å². The minimum Gasteiger partial charge on any atom is -0.332 e. The number of benzene rings is 1. The number of rotatable bonds is 3. The number of carbonyl (C=O) groups is 1. The molecule has 1 amide bonds. The van der Waals surface area contributed by atoms with Gasteiger partial charge in [0, 0.05) is 17.9 Å². The van der Waals surface area contributed by atoms with Crippen molar-refractivity contribution in [3.8, 4) is 11.1 Å². The number of nitrogens with zero attached hydrogens (tertiary/aromatic N) is 2. The number of amides is 1. The number of halogens is 1. The Balaban J connectivity index is 1.57. The summed E-state index contributed by atoms with van der Waals surface area (Å²) < 4.78 is 13.2. The number of hydrogen-bond donors (Lipinski definition) is 2. The Kier molecular flexibility index (Phi) is 4.75. The monoisotopic (exact) mass is 387 g/mol. The summed E-state index contributed by atoms with van der Waals surface area (Å²) in [5.74, 6) is 0.459. The van der Waals surface area contributed by atoms with Crippen LogP contribution in [0.25, 0.3) is 21.3 Å². The summed E-state index contributed by atoms with van der Waals surface area (Å²) in [5.41, 5.74) is 1.41. The highest BCUT2D eigenvalue weighted by molar-refractivity contribution is 7.17. The van der Waals surface area contributed by atoms with E-state index in [0.717, 1.165) is 37.3 Å². The molecule has 0 bridgehead atoms. The Bertz CT molecular complexity index is 1040. The van der Waals surface area contributed by atoms with E-state index >= 15 is 0 Å². The highest BCUT2D eigenvalue weighted by Gasteiger charge is 2.23. The molecule has 6 nitrogen and oxygen atoms in total. The molecule has 0 spiro atoms.